The van der Waals surface area contributed by atoms with Crippen molar-refractivity contribution >= 4 is 23.2 Å². The van der Waals surface area contributed by atoms with Gasteiger partial charge in [-0.1, -0.05) is 0 Å². The number of furan rings is 1. The maximum absolute atomic E-state index is 10.5. The number of thiophene rings is 1. The second kappa shape index (κ2) is 4.18. The van der Waals surface area contributed by atoms with Crippen LogP contribution in [0.1, 0.15) is 16.1 Å². The fraction of sp³-hybridized carbons (Fsp3) is 0.100. The maximum Gasteiger partial charge on any atom is 0.371 e. The van der Waals surface area contributed by atoms with E-state index in [9.17, 15) is 4.79 Å². The maximum atomic E-state index is 10.5. The molecule has 0 amide bonds. The van der Waals surface area contributed by atoms with E-state index in [1.165, 1.54) is 6.07 Å². The number of carbonyl (C=O) groups is 1. The van der Waals surface area contributed by atoms with Gasteiger partial charge in [-0.25, -0.2) is 4.79 Å². The molecule has 0 aliphatic heterocycles. The number of anilines is 1. The highest BCUT2D eigenvalue weighted by atomic mass is 32.1. The van der Waals surface area contributed by atoms with Crippen molar-refractivity contribution in [3.63, 3.8) is 0 Å². The van der Waals surface area contributed by atoms with Crippen LogP contribution in [0.4, 0.5) is 5.88 Å². The van der Waals surface area contributed by atoms with E-state index in [1.54, 1.807) is 17.4 Å². The largest absolute Gasteiger partial charge is 0.475 e. The Morgan fingerprint density at radius 2 is 2.33 bits per heavy atom. The zero-order valence-electron chi connectivity index (χ0n) is 7.77. The van der Waals surface area contributed by atoms with Gasteiger partial charge in [0, 0.05) is 12.6 Å². The van der Waals surface area contributed by atoms with Gasteiger partial charge in [-0.2, -0.15) is 11.3 Å². The van der Waals surface area contributed by atoms with Crippen LogP contribution in [0.15, 0.2) is 33.4 Å². The van der Waals surface area contributed by atoms with Crippen molar-refractivity contribution in [3.05, 3.63) is 40.3 Å². The molecule has 0 radical (unpaired) electrons. The fourth-order valence-corrected chi connectivity index (χ4v) is 1.80. The van der Waals surface area contributed by atoms with Crippen molar-refractivity contribution in [3.8, 4) is 0 Å². The predicted molar refractivity (Wildman–Crippen MR) is 57.3 cm³/mol. The van der Waals surface area contributed by atoms with Gasteiger partial charge in [0.15, 0.2) is 5.88 Å². The summed E-state index contributed by atoms with van der Waals surface area (Å²) in [5.74, 6) is -0.639. The van der Waals surface area contributed by atoms with Crippen LogP contribution in [0.5, 0.6) is 0 Å². The Hall–Kier alpha value is -1.75. The minimum absolute atomic E-state index is 0.0529. The number of carboxylic acid groups (broad SMARTS) is 1. The lowest BCUT2D eigenvalue weighted by molar-refractivity contribution is 0.0663. The first kappa shape index (κ1) is 9.79. The zero-order valence-corrected chi connectivity index (χ0v) is 8.58. The molecule has 78 valence electrons. The molecule has 0 aromatic carbocycles. The molecule has 2 heterocycles. The minimum atomic E-state index is -1.06. The third-order valence-electron chi connectivity index (χ3n) is 1.86. The zero-order chi connectivity index (χ0) is 10.7. The first-order valence-corrected chi connectivity index (χ1v) is 5.28. The number of carboxylic acids is 1. The molecule has 2 N–H and O–H groups in total. The van der Waals surface area contributed by atoms with Gasteiger partial charge in [0.1, 0.15) is 0 Å². The van der Waals surface area contributed by atoms with Crippen LogP contribution in [-0.4, -0.2) is 11.1 Å². The summed E-state index contributed by atoms with van der Waals surface area (Å²) >= 11 is 1.62. The number of nitrogens with one attached hydrogen (secondary N) is 1. The first-order chi connectivity index (χ1) is 7.25. The lowest BCUT2D eigenvalue weighted by atomic mass is 10.3. The molecule has 2 aromatic heterocycles. The van der Waals surface area contributed by atoms with Gasteiger partial charge in [-0.3, -0.25) is 0 Å². The fourth-order valence-electron chi connectivity index (χ4n) is 1.13. The summed E-state index contributed by atoms with van der Waals surface area (Å²) in [6.45, 7) is 0.635. The molecule has 5 heteroatoms. The molecule has 2 aromatic rings. The molecule has 15 heavy (non-hydrogen) atoms. The van der Waals surface area contributed by atoms with E-state index < -0.39 is 5.97 Å². The van der Waals surface area contributed by atoms with E-state index in [-0.39, 0.29) is 5.76 Å². The van der Waals surface area contributed by atoms with Crippen LogP contribution in [0.3, 0.4) is 0 Å². The monoisotopic (exact) mass is 223 g/mol. The van der Waals surface area contributed by atoms with Gasteiger partial charge >= 0.3 is 5.97 Å². The van der Waals surface area contributed by atoms with Crippen LogP contribution < -0.4 is 5.32 Å². The lowest BCUT2D eigenvalue weighted by Gasteiger charge is -1.99. The van der Waals surface area contributed by atoms with E-state index in [0.717, 1.165) is 5.56 Å². The Morgan fingerprint density at radius 1 is 1.47 bits per heavy atom. The summed E-state index contributed by atoms with van der Waals surface area (Å²) in [6.07, 6.45) is 0. The normalized spacial score (nSPS) is 10.1. The number of aromatic carboxylic acids is 1. The quantitative estimate of drug-likeness (QED) is 0.836. The van der Waals surface area contributed by atoms with Crippen LogP contribution >= 0.6 is 11.3 Å². The summed E-state index contributed by atoms with van der Waals surface area (Å²) in [6, 6.07) is 5.03. The Labute approximate surface area is 90.2 Å². The van der Waals surface area contributed by atoms with Crippen LogP contribution in [0.2, 0.25) is 0 Å². The average molecular weight is 223 g/mol. The number of hydrogen-bond acceptors (Lipinski definition) is 4. The van der Waals surface area contributed by atoms with Gasteiger partial charge in [-0.15, -0.1) is 0 Å². The molecule has 0 unspecified atom stereocenters. The highest BCUT2D eigenvalue weighted by Crippen LogP contribution is 2.15. The highest BCUT2D eigenvalue weighted by Gasteiger charge is 2.08. The Balaban J connectivity index is 1.96. The van der Waals surface area contributed by atoms with Crippen LogP contribution in [-0.2, 0) is 6.54 Å². The standard InChI is InChI=1S/C10H9NO3S/c12-10(13)8-1-2-9(14-8)11-5-7-3-4-15-6-7/h1-4,6,11H,5H2,(H,12,13). The van der Waals surface area contributed by atoms with Crippen molar-refractivity contribution in [1.82, 2.24) is 0 Å². The van der Waals surface area contributed by atoms with Crippen molar-refractivity contribution in [2.24, 2.45) is 0 Å². The van der Waals surface area contributed by atoms with Crippen molar-refractivity contribution < 1.29 is 14.3 Å². The number of rotatable bonds is 4. The van der Waals surface area contributed by atoms with E-state index in [0.29, 0.717) is 12.4 Å². The molecule has 0 saturated heterocycles. The molecule has 0 atom stereocenters. The third kappa shape index (κ3) is 2.38. The van der Waals surface area contributed by atoms with Gasteiger partial charge in [0.25, 0.3) is 0 Å². The molecule has 0 saturated carbocycles. The lowest BCUT2D eigenvalue weighted by Crippen LogP contribution is -1.97. The highest BCUT2D eigenvalue weighted by molar-refractivity contribution is 7.07. The van der Waals surface area contributed by atoms with Crippen LogP contribution in [0.25, 0.3) is 0 Å². The molecule has 0 aliphatic carbocycles. The topological polar surface area (TPSA) is 62.5 Å². The SMILES string of the molecule is O=C(O)c1ccc(NCc2ccsc2)o1. The summed E-state index contributed by atoms with van der Waals surface area (Å²) in [5.41, 5.74) is 1.15. The third-order valence-corrected chi connectivity index (χ3v) is 2.60. The second-order valence-corrected chi connectivity index (χ2v) is 3.73. The molecular weight excluding hydrogens is 214 g/mol. The molecule has 2 rings (SSSR count). The minimum Gasteiger partial charge on any atom is -0.475 e. The molecular formula is C10H9NO3S. The molecule has 0 spiro atoms. The van der Waals surface area contributed by atoms with Crippen LogP contribution in [0, 0.1) is 0 Å². The molecule has 0 fully saturated rings. The Bertz CT molecular complexity index is 447. The van der Waals surface area contributed by atoms with Crippen molar-refractivity contribution in [2.75, 3.05) is 5.32 Å². The second-order valence-electron chi connectivity index (χ2n) is 2.95. The summed E-state index contributed by atoms with van der Waals surface area (Å²) < 4.78 is 5.04. The number of hydrogen-bond donors (Lipinski definition) is 2. The smallest absolute Gasteiger partial charge is 0.371 e. The average Bonchev–Trinajstić information content (AvgIpc) is 2.86. The van der Waals surface area contributed by atoms with Crippen molar-refractivity contribution in [1.29, 1.82) is 0 Å². The van der Waals surface area contributed by atoms with E-state index >= 15 is 0 Å². The molecule has 0 aliphatic rings. The van der Waals surface area contributed by atoms with Crippen molar-refractivity contribution in [2.45, 2.75) is 6.54 Å². The predicted octanol–water partition coefficient (Wildman–Crippen LogP) is 2.65. The van der Waals surface area contributed by atoms with E-state index in [2.05, 4.69) is 5.32 Å². The Morgan fingerprint density at radius 3 is 2.93 bits per heavy atom. The van der Waals surface area contributed by atoms with E-state index in [1.807, 2.05) is 16.8 Å². The van der Waals surface area contributed by atoms with Gasteiger partial charge in [0.2, 0.25) is 5.76 Å². The van der Waals surface area contributed by atoms with E-state index in [4.69, 9.17) is 9.52 Å². The molecule has 4 nitrogen and oxygen atoms in total. The summed E-state index contributed by atoms with van der Waals surface area (Å²) in [7, 11) is 0. The Kier molecular flexibility index (Phi) is 2.73. The van der Waals surface area contributed by atoms with Gasteiger partial charge in [0.05, 0.1) is 0 Å². The summed E-state index contributed by atoms with van der Waals surface area (Å²) in [5, 5.41) is 15.6. The molecule has 0 bridgehead atoms. The van der Waals surface area contributed by atoms with Gasteiger partial charge in [-0.05, 0) is 28.5 Å². The summed E-state index contributed by atoms with van der Waals surface area (Å²) in [4.78, 5) is 10.5. The first-order valence-electron chi connectivity index (χ1n) is 4.34. The van der Waals surface area contributed by atoms with Gasteiger partial charge < -0.3 is 14.8 Å².